The quantitative estimate of drug-likeness (QED) is 0.823. The fraction of sp³-hybridized carbons (Fsp3) is 0.333. The lowest BCUT2D eigenvalue weighted by atomic mass is 10.1. The van der Waals surface area contributed by atoms with Crippen molar-refractivity contribution < 1.29 is 14.0 Å². The Hall–Kier alpha value is -2.73. The molecule has 6 heteroatoms. The van der Waals surface area contributed by atoms with E-state index in [0.29, 0.717) is 11.3 Å². The summed E-state index contributed by atoms with van der Waals surface area (Å²) in [5.74, 6) is -0.360. The van der Waals surface area contributed by atoms with Gasteiger partial charge in [-0.15, -0.1) is 0 Å². The van der Waals surface area contributed by atoms with E-state index in [4.69, 9.17) is 0 Å². The van der Waals surface area contributed by atoms with Crippen molar-refractivity contribution in [3.63, 3.8) is 0 Å². The van der Waals surface area contributed by atoms with Crippen LogP contribution in [0.5, 0.6) is 0 Å². The van der Waals surface area contributed by atoms with Crippen molar-refractivity contribution in [2.24, 2.45) is 0 Å². The van der Waals surface area contributed by atoms with Gasteiger partial charge in [-0.1, -0.05) is 0 Å². The molecule has 1 aliphatic rings. The second kappa shape index (κ2) is 8.31. The van der Waals surface area contributed by atoms with Gasteiger partial charge in [0.05, 0.1) is 6.04 Å². The number of rotatable bonds is 5. The third-order valence-electron chi connectivity index (χ3n) is 4.99. The molecule has 0 bridgehead atoms. The molecule has 1 fully saturated rings. The van der Waals surface area contributed by atoms with Crippen LogP contribution < -0.4 is 10.2 Å². The molecule has 5 nitrogen and oxygen atoms in total. The molecule has 1 amide bonds. The van der Waals surface area contributed by atoms with E-state index in [-0.39, 0.29) is 23.5 Å². The highest BCUT2D eigenvalue weighted by atomic mass is 19.1. The first-order chi connectivity index (χ1) is 12.9. The van der Waals surface area contributed by atoms with E-state index in [1.54, 1.807) is 19.1 Å². The fourth-order valence-electron chi connectivity index (χ4n) is 3.22. The summed E-state index contributed by atoms with van der Waals surface area (Å²) in [6, 6.07) is 13.1. The van der Waals surface area contributed by atoms with Crippen LogP contribution in [0, 0.1) is 5.82 Å². The second-order valence-corrected chi connectivity index (χ2v) is 6.80. The first kappa shape index (κ1) is 19.0. The van der Waals surface area contributed by atoms with E-state index in [1.807, 2.05) is 31.2 Å². The van der Waals surface area contributed by atoms with E-state index < -0.39 is 0 Å². The zero-order valence-corrected chi connectivity index (χ0v) is 15.6. The minimum Gasteiger partial charge on any atom is -0.369 e. The Bertz CT molecular complexity index is 797. The molecule has 0 radical (unpaired) electrons. The highest BCUT2D eigenvalue weighted by molar-refractivity contribution is 5.95. The molecule has 0 aromatic heterocycles. The fourth-order valence-corrected chi connectivity index (χ4v) is 3.22. The van der Waals surface area contributed by atoms with Crippen LogP contribution in [-0.4, -0.2) is 48.8 Å². The lowest BCUT2D eigenvalue weighted by Gasteiger charge is -2.38. The zero-order valence-electron chi connectivity index (χ0n) is 15.6. The molecule has 0 aliphatic carbocycles. The van der Waals surface area contributed by atoms with Gasteiger partial charge < -0.3 is 10.2 Å². The van der Waals surface area contributed by atoms with Crippen LogP contribution in [0.2, 0.25) is 0 Å². The minimum absolute atomic E-state index is 0.0624. The number of benzene rings is 2. The van der Waals surface area contributed by atoms with Gasteiger partial charge in [0.25, 0.3) is 0 Å². The van der Waals surface area contributed by atoms with Crippen LogP contribution >= 0.6 is 0 Å². The zero-order chi connectivity index (χ0) is 19.4. The molecule has 1 atom stereocenters. The van der Waals surface area contributed by atoms with Gasteiger partial charge in [-0.2, -0.15) is 0 Å². The number of nitrogens with zero attached hydrogens (tertiary/aromatic N) is 2. The Morgan fingerprint density at radius 1 is 0.963 bits per heavy atom. The van der Waals surface area contributed by atoms with Gasteiger partial charge in [0.1, 0.15) is 5.82 Å². The van der Waals surface area contributed by atoms with Crippen LogP contribution in [0.15, 0.2) is 48.5 Å². The number of amides is 1. The van der Waals surface area contributed by atoms with Crippen molar-refractivity contribution in [3.8, 4) is 0 Å². The number of piperazine rings is 1. The molecule has 1 aliphatic heterocycles. The van der Waals surface area contributed by atoms with E-state index in [2.05, 4.69) is 15.1 Å². The Kier molecular flexibility index (Phi) is 5.86. The SMILES string of the molecule is CC(=O)c1ccc(N2CCN(C(C)C(=O)Nc3ccc(F)cc3)CC2)cc1. The first-order valence-electron chi connectivity index (χ1n) is 9.10. The van der Waals surface area contributed by atoms with Crippen molar-refractivity contribution in [2.45, 2.75) is 19.9 Å². The van der Waals surface area contributed by atoms with Gasteiger partial charge >= 0.3 is 0 Å². The summed E-state index contributed by atoms with van der Waals surface area (Å²) in [7, 11) is 0. The number of Topliss-reactive ketones (excluding diaryl/α,β-unsaturated/α-hetero) is 1. The highest BCUT2D eigenvalue weighted by Crippen LogP contribution is 2.19. The summed E-state index contributed by atoms with van der Waals surface area (Å²) < 4.78 is 13.0. The molecule has 3 rings (SSSR count). The molecular weight excluding hydrogens is 345 g/mol. The summed E-state index contributed by atoms with van der Waals surface area (Å²) in [6.07, 6.45) is 0. The third-order valence-corrected chi connectivity index (χ3v) is 4.99. The molecule has 1 heterocycles. The van der Waals surface area contributed by atoms with E-state index in [1.165, 1.54) is 12.1 Å². The largest absolute Gasteiger partial charge is 0.369 e. The maximum absolute atomic E-state index is 13.0. The number of anilines is 2. The Morgan fingerprint density at radius 3 is 2.11 bits per heavy atom. The first-order valence-corrected chi connectivity index (χ1v) is 9.10. The number of carbonyl (C=O) groups excluding carboxylic acids is 2. The molecular formula is C21H24FN3O2. The van der Waals surface area contributed by atoms with Crippen molar-refractivity contribution >= 4 is 23.1 Å². The van der Waals surface area contributed by atoms with Gasteiger partial charge in [0.2, 0.25) is 5.91 Å². The normalized spacial score (nSPS) is 16.0. The number of halogens is 1. The number of hydrogen-bond acceptors (Lipinski definition) is 4. The van der Waals surface area contributed by atoms with Crippen LogP contribution in [0.25, 0.3) is 0 Å². The molecule has 27 heavy (non-hydrogen) atoms. The molecule has 142 valence electrons. The molecule has 1 N–H and O–H groups in total. The average molecular weight is 369 g/mol. The lowest BCUT2D eigenvalue weighted by Crippen LogP contribution is -2.52. The van der Waals surface area contributed by atoms with Crippen molar-refractivity contribution in [2.75, 3.05) is 36.4 Å². The molecule has 0 spiro atoms. The summed E-state index contributed by atoms with van der Waals surface area (Å²) in [5, 5.41) is 2.83. The topological polar surface area (TPSA) is 52.7 Å². The van der Waals surface area contributed by atoms with Crippen LogP contribution in [-0.2, 0) is 4.79 Å². The maximum Gasteiger partial charge on any atom is 0.241 e. The third kappa shape index (κ3) is 4.71. The Balaban J connectivity index is 1.53. The van der Waals surface area contributed by atoms with Crippen LogP contribution in [0.1, 0.15) is 24.2 Å². The predicted molar refractivity (Wildman–Crippen MR) is 105 cm³/mol. The molecule has 1 unspecified atom stereocenters. The number of hydrogen-bond donors (Lipinski definition) is 1. The van der Waals surface area contributed by atoms with Gasteiger partial charge in [0.15, 0.2) is 5.78 Å². The van der Waals surface area contributed by atoms with Gasteiger partial charge in [-0.3, -0.25) is 14.5 Å². The highest BCUT2D eigenvalue weighted by Gasteiger charge is 2.25. The second-order valence-electron chi connectivity index (χ2n) is 6.80. The summed E-state index contributed by atoms with van der Waals surface area (Å²) >= 11 is 0. The molecule has 1 saturated heterocycles. The molecule has 2 aromatic rings. The standard InChI is InChI=1S/C21H24FN3O2/c1-15(21(27)23-19-7-5-18(22)6-8-19)24-11-13-25(14-12-24)20-9-3-17(4-10-20)16(2)26/h3-10,15H,11-14H2,1-2H3,(H,23,27). The number of carbonyl (C=O) groups is 2. The maximum atomic E-state index is 13.0. The summed E-state index contributed by atoms with van der Waals surface area (Å²) in [4.78, 5) is 28.2. The smallest absolute Gasteiger partial charge is 0.241 e. The number of ketones is 1. The molecule has 2 aromatic carbocycles. The van der Waals surface area contributed by atoms with Gasteiger partial charge in [0, 0.05) is 43.1 Å². The van der Waals surface area contributed by atoms with Crippen molar-refractivity contribution in [1.82, 2.24) is 4.90 Å². The summed E-state index contributed by atoms with van der Waals surface area (Å²) in [5.41, 5.74) is 2.39. The van der Waals surface area contributed by atoms with Crippen LogP contribution in [0.4, 0.5) is 15.8 Å². The predicted octanol–water partition coefficient (Wildman–Crippen LogP) is 3.18. The Labute approximate surface area is 158 Å². The summed E-state index contributed by atoms with van der Waals surface area (Å²) in [6.45, 7) is 6.61. The monoisotopic (exact) mass is 369 g/mol. The van der Waals surface area contributed by atoms with Gasteiger partial charge in [-0.05, 0) is 62.4 Å². The van der Waals surface area contributed by atoms with Crippen molar-refractivity contribution in [3.05, 3.63) is 59.9 Å². The van der Waals surface area contributed by atoms with E-state index in [0.717, 1.165) is 31.9 Å². The minimum atomic E-state index is -0.325. The van der Waals surface area contributed by atoms with Gasteiger partial charge in [-0.25, -0.2) is 4.39 Å². The van der Waals surface area contributed by atoms with Crippen LogP contribution in [0.3, 0.4) is 0 Å². The van der Waals surface area contributed by atoms with E-state index >= 15 is 0 Å². The Morgan fingerprint density at radius 2 is 1.56 bits per heavy atom. The molecule has 0 saturated carbocycles. The van der Waals surface area contributed by atoms with E-state index in [9.17, 15) is 14.0 Å². The number of nitrogens with one attached hydrogen (secondary N) is 1. The van der Waals surface area contributed by atoms with Crippen molar-refractivity contribution in [1.29, 1.82) is 0 Å². The lowest BCUT2D eigenvalue weighted by molar-refractivity contribution is -0.120. The average Bonchev–Trinajstić information content (AvgIpc) is 2.69.